The van der Waals surface area contributed by atoms with Crippen LogP contribution in [0.2, 0.25) is 5.02 Å². The Balaban J connectivity index is 1.61. The van der Waals surface area contributed by atoms with E-state index in [4.69, 9.17) is 21.1 Å². The number of carbonyl (C=O) groups excluding carboxylic acids is 2. The fourth-order valence-electron chi connectivity index (χ4n) is 6.46. The van der Waals surface area contributed by atoms with Gasteiger partial charge in [-0.1, -0.05) is 79.0 Å². The van der Waals surface area contributed by atoms with Crippen molar-refractivity contribution in [2.24, 2.45) is 0 Å². The smallest absolute Gasteiger partial charge is 0.264 e. The van der Waals surface area contributed by atoms with Crippen LogP contribution in [0, 0.1) is 13.8 Å². The maximum Gasteiger partial charge on any atom is 0.264 e. The second-order valence-corrected chi connectivity index (χ2v) is 15.0. The quantitative estimate of drug-likeness (QED) is 0.153. The molecule has 1 saturated carbocycles. The lowest BCUT2D eigenvalue weighted by Crippen LogP contribution is -2.54. The number of aryl methyl sites for hydroxylation is 2. The van der Waals surface area contributed by atoms with Crippen molar-refractivity contribution in [1.29, 1.82) is 0 Å². The lowest BCUT2D eigenvalue weighted by atomic mass is 10.0. The average molecular weight is 718 g/mol. The van der Waals surface area contributed by atoms with E-state index in [1.54, 1.807) is 30.3 Å². The van der Waals surface area contributed by atoms with Crippen LogP contribution in [0.5, 0.6) is 11.5 Å². The molecular weight excluding hydrogens is 674 g/mol. The fourth-order valence-corrected chi connectivity index (χ4v) is 8.07. The molecule has 0 spiro atoms. The maximum absolute atomic E-state index is 14.8. The van der Waals surface area contributed by atoms with E-state index in [1.807, 2.05) is 56.3 Å². The van der Waals surface area contributed by atoms with Gasteiger partial charge in [0.2, 0.25) is 11.8 Å². The normalized spacial score (nSPS) is 13.8. The van der Waals surface area contributed by atoms with Crippen LogP contribution in [0.25, 0.3) is 0 Å². The predicted molar refractivity (Wildman–Crippen MR) is 196 cm³/mol. The van der Waals surface area contributed by atoms with Crippen molar-refractivity contribution in [2.75, 3.05) is 25.1 Å². The van der Waals surface area contributed by atoms with Crippen LogP contribution in [0.1, 0.15) is 47.9 Å². The number of halogens is 1. The molecule has 1 atom stereocenters. The van der Waals surface area contributed by atoms with E-state index in [9.17, 15) is 18.0 Å². The number of sulfonamides is 1. The number of benzene rings is 4. The van der Waals surface area contributed by atoms with Crippen molar-refractivity contribution in [1.82, 2.24) is 10.2 Å². The van der Waals surface area contributed by atoms with Gasteiger partial charge in [0.1, 0.15) is 12.6 Å². The van der Waals surface area contributed by atoms with Crippen molar-refractivity contribution < 1.29 is 27.5 Å². The zero-order valence-corrected chi connectivity index (χ0v) is 30.5. The lowest BCUT2D eigenvalue weighted by Gasteiger charge is -2.34. The Morgan fingerprint density at radius 3 is 2.14 bits per heavy atom. The minimum atomic E-state index is -4.35. The van der Waals surface area contributed by atoms with E-state index in [1.165, 1.54) is 37.3 Å². The molecule has 1 unspecified atom stereocenters. The number of hydrogen-bond donors (Lipinski definition) is 1. The summed E-state index contributed by atoms with van der Waals surface area (Å²) >= 11 is 6.63. The third-order valence-corrected chi connectivity index (χ3v) is 11.1. The molecule has 0 heterocycles. The molecule has 0 bridgehead atoms. The molecule has 1 N–H and O–H groups in total. The lowest BCUT2D eigenvalue weighted by molar-refractivity contribution is -0.140. The van der Waals surface area contributed by atoms with Crippen LogP contribution in [0.3, 0.4) is 0 Å². The summed E-state index contributed by atoms with van der Waals surface area (Å²) in [6.45, 7) is 3.15. The number of nitrogens with one attached hydrogen (secondary N) is 1. The second-order valence-electron chi connectivity index (χ2n) is 12.7. The van der Waals surface area contributed by atoms with Crippen molar-refractivity contribution in [3.8, 4) is 11.5 Å². The van der Waals surface area contributed by atoms with Crippen LogP contribution in [0.4, 0.5) is 5.69 Å². The molecule has 0 radical (unpaired) electrons. The largest absolute Gasteiger partial charge is 0.493 e. The van der Waals surface area contributed by atoms with E-state index >= 15 is 0 Å². The van der Waals surface area contributed by atoms with Crippen molar-refractivity contribution in [3.05, 3.63) is 118 Å². The fraction of sp³-hybridized carbons (Fsp3) is 0.333. The molecule has 1 fully saturated rings. The summed E-state index contributed by atoms with van der Waals surface area (Å²) in [6, 6.07) is 25.4. The van der Waals surface area contributed by atoms with E-state index in [-0.39, 0.29) is 35.6 Å². The van der Waals surface area contributed by atoms with Gasteiger partial charge in [-0.2, -0.15) is 0 Å². The number of nitrogens with zero attached hydrogens (tertiary/aromatic N) is 2. The number of amides is 2. The highest BCUT2D eigenvalue weighted by atomic mass is 35.5. The summed E-state index contributed by atoms with van der Waals surface area (Å²) in [6.07, 6.45) is 4.01. The summed E-state index contributed by atoms with van der Waals surface area (Å²) < 4.78 is 41.0. The summed E-state index contributed by atoms with van der Waals surface area (Å²) in [5.41, 5.74) is 3.46. The Labute approximate surface area is 300 Å². The van der Waals surface area contributed by atoms with Crippen LogP contribution < -0.4 is 19.1 Å². The van der Waals surface area contributed by atoms with E-state index in [0.717, 1.165) is 46.7 Å². The zero-order valence-electron chi connectivity index (χ0n) is 28.9. The van der Waals surface area contributed by atoms with E-state index in [2.05, 4.69) is 5.32 Å². The molecule has 1 aliphatic rings. The summed E-state index contributed by atoms with van der Waals surface area (Å²) in [5.74, 6) is -0.256. The first kappa shape index (κ1) is 36.7. The number of carbonyl (C=O) groups is 2. The molecule has 50 heavy (non-hydrogen) atoms. The summed E-state index contributed by atoms with van der Waals surface area (Å²) in [7, 11) is -1.46. The number of anilines is 1. The highest BCUT2D eigenvalue weighted by molar-refractivity contribution is 7.92. The van der Waals surface area contributed by atoms with Gasteiger partial charge < -0.3 is 19.7 Å². The Morgan fingerprint density at radius 1 is 0.860 bits per heavy atom. The molecule has 0 aromatic heterocycles. The van der Waals surface area contributed by atoms with Gasteiger partial charge in [0.15, 0.2) is 11.5 Å². The van der Waals surface area contributed by atoms with Gasteiger partial charge in [0, 0.05) is 30.1 Å². The molecule has 5 rings (SSSR count). The molecular formula is C39H44ClN3O6S. The van der Waals surface area contributed by atoms with Crippen LogP contribution in [-0.2, 0) is 32.6 Å². The van der Waals surface area contributed by atoms with Gasteiger partial charge in [-0.15, -0.1) is 0 Å². The predicted octanol–water partition coefficient (Wildman–Crippen LogP) is 6.87. The standard InChI is InChI=1S/C39H44ClN3O6S/c1-27-20-28(2)22-32(21-27)43(50(46,47)33-18-19-36(48-3)37(24-33)49-4)26-38(44)42(25-30-14-8-11-17-34(30)40)35(23-29-12-6-5-7-13-29)39(45)41-31-15-9-10-16-31/h5-8,11-14,17-22,24,31,35H,9-10,15-16,23,25-26H2,1-4H3,(H,41,45). The van der Waals surface area contributed by atoms with Gasteiger partial charge in [-0.25, -0.2) is 8.42 Å². The highest BCUT2D eigenvalue weighted by Crippen LogP contribution is 2.33. The maximum atomic E-state index is 14.8. The van der Waals surface area contributed by atoms with Crippen molar-refractivity contribution >= 4 is 39.1 Å². The SMILES string of the molecule is COc1ccc(S(=O)(=O)N(CC(=O)N(Cc2ccccc2Cl)C(Cc2ccccc2)C(=O)NC2CCCC2)c2cc(C)cc(C)c2)cc1OC. The van der Waals surface area contributed by atoms with Crippen LogP contribution in [0.15, 0.2) is 95.9 Å². The molecule has 264 valence electrons. The minimum absolute atomic E-state index is 0.00874. The molecule has 0 aliphatic heterocycles. The molecule has 0 saturated heterocycles. The van der Waals surface area contributed by atoms with Gasteiger partial charge in [0.25, 0.3) is 10.0 Å². The molecule has 4 aromatic carbocycles. The molecule has 2 amide bonds. The Morgan fingerprint density at radius 2 is 1.50 bits per heavy atom. The van der Waals surface area contributed by atoms with Crippen LogP contribution in [-0.4, -0.2) is 58.0 Å². The van der Waals surface area contributed by atoms with Gasteiger partial charge in [0.05, 0.1) is 24.8 Å². The monoisotopic (exact) mass is 717 g/mol. The first-order valence-corrected chi connectivity index (χ1v) is 18.5. The zero-order chi connectivity index (χ0) is 35.8. The van der Waals surface area contributed by atoms with Crippen LogP contribution >= 0.6 is 11.6 Å². The topological polar surface area (TPSA) is 105 Å². The number of hydrogen-bond acceptors (Lipinski definition) is 6. The number of methoxy groups -OCH3 is 2. The first-order valence-electron chi connectivity index (χ1n) is 16.7. The van der Waals surface area contributed by atoms with Gasteiger partial charge >= 0.3 is 0 Å². The molecule has 9 nitrogen and oxygen atoms in total. The highest BCUT2D eigenvalue weighted by Gasteiger charge is 2.36. The molecule has 11 heteroatoms. The Bertz CT molecular complexity index is 1890. The average Bonchev–Trinajstić information content (AvgIpc) is 3.62. The van der Waals surface area contributed by atoms with E-state index < -0.39 is 28.5 Å². The Kier molecular flexibility index (Phi) is 12.1. The summed E-state index contributed by atoms with van der Waals surface area (Å²) in [4.78, 5) is 30.4. The van der Waals surface area contributed by atoms with Crippen molar-refractivity contribution in [3.63, 3.8) is 0 Å². The number of rotatable bonds is 14. The summed E-state index contributed by atoms with van der Waals surface area (Å²) in [5, 5.41) is 3.63. The Hall–Kier alpha value is -4.54. The third-order valence-electron chi connectivity index (χ3n) is 8.99. The van der Waals surface area contributed by atoms with E-state index in [0.29, 0.717) is 22.0 Å². The molecule has 1 aliphatic carbocycles. The second kappa shape index (κ2) is 16.4. The van der Waals surface area contributed by atoms with Crippen molar-refractivity contribution in [2.45, 2.75) is 69.5 Å². The molecule has 4 aromatic rings. The first-order chi connectivity index (χ1) is 24.0. The number of ether oxygens (including phenoxy) is 2. The van der Waals surface area contributed by atoms with Gasteiger partial charge in [-0.05, 0) is 79.3 Å². The minimum Gasteiger partial charge on any atom is -0.493 e. The van der Waals surface area contributed by atoms with Gasteiger partial charge in [-0.3, -0.25) is 13.9 Å². The third kappa shape index (κ3) is 8.78.